The van der Waals surface area contributed by atoms with E-state index in [0.29, 0.717) is 34.2 Å². The van der Waals surface area contributed by atoms with Gasteiger partial charge in [0.15, 0.2) is 0 Å². The zero-order valence-corrected chi connectivity index (χ0v) is 20.7. The van der Waals surface area contributed by atoms with Crippen LogP contribution in [-0.4, -0.2) is 23.3 Å². The number of aliphatic hydroxyl groups excluding tert-OH is 1. The molecule has 3 aromatic rings. The van der Waals surface area contributed by atoms with Crippen molar-refractivity contribution in [2.45, 2.75) is 42.8 Å². The number of thioether (sulfide) groups is 1. The van der Waals surface area contributed by atoms with Gasteiger partial charge in [0.05, 0.1) is 11.1 Å². The molecule has 0 saturated carbocycles. The molecular formula is C25H24Cl2F3NO2S. The van der Waals surface area contributed by atoms with E-state index >= 15 is 0 Å². The molecular weight excluding hydrogens is 506 g/mol. The number of ether oxygens (including phenoxy) is 1. The van der Waals surface area contributed by atoms with Crippen molar-refractivity contribution >= 4 is 40.7 Å². The van der Waals surface area contributed by atoms with Crippen molar-refractivity contribution < 1.29 is 23.0 Å². The molecule has 0 heterocycles. The number of benzene rings is 3. The van der Waals surface area contributed by atoms with E-state index in [1.165, 1.54) is 6.07 Å². The lowest BCUT2D eigenvalue weighted by molar-refractivity contribution is -0.0328. The van der Waals surface area contributed by atoms with Crippen molar-refractivity contribution in [2.75, 3.05) is 11.4 Å². The second-order valence-corrected chi connectivity index (χ2v) is 9.52. The van der Waals surface area contributed by atoms with E-state index in [-0.39, 0.29) is 34.8 Å². The highest BCUT2D eigenvalue weighted by Crippen LogP contribution is 2.39. The summed E-state index contributed by atoms with van der Waals surface area (Å²) >= 11 is 12.2. The maximum absolute atomic E-state index is 13.1. The van der Waals surface area contributed by atoms with Crippen LogP contribution in [0.25, 0.3) is 0 Å². The van der Waals surface area contributed by atoms with E-state index in [1.54, 1.807) is 54.6 Å². The molecule has 34 heavy (non-hydrogen) atoms. The quantitative estimate of drug-likeness (QED) is 0.266. The van der Waals surface area contributed by atoms with Crippen LogP contribution < -0.4 is 9.64 Å². The predicted octanol–water partition coefficient (Wildman–Crippen LogP) is 8.57. The van der Waals surface area contributed by atoms with E-state index in [9.17, 15) is 18.3 Å². The van der Waals surface area contributed by atoms with Crippen LogP contribution in [0.1, 0.15) is 25.3 Å². The van der Waals surface area contributed by atoms with E-state index in [1.807, 2.05) is 17.9 Å². The van der Waals surface area contributed by atoms with Gasteiger partial charge < -0.3 is 14.7 Å². The zero-order valence-electron chi connectivity index (χ0n) is 18.4. The molecule has 0 radical (unpaired) electrons. The summed E-state index contributed by atoms with van der Waals surface area (Å²) in [5.41, 5.74) is -3.19. The normalized spacial score (nSPS) is 12.4. The second kappa shape index (κ2) is 12.1. The van der Waals surface area contributed by atoms with Crippen molar-refractivity contribution in [2.24, 2.45) is 0 Å². The lowest BCUT2D eigenvalue weighted by Gasteiger charge is -2.28. The van der Waals surface area contributed by atoms with Crippen LogP contribution in [0.5, 0.6) is 11.5 Å². The number of alkyl halides is 3. The molecule has 1 unspecified atom stereocenters. The van der Waals surface area contributed by atoms with Gasteiger partial charge in [-0.05, 0) is 54.1 Å². The molecule has 0 aliphatic carbocycles. The fourth-order valence-corrected chi connectivity index (χ4v) is 4.43. The van der Waals surface area contributed by atoms with Crippen LogP contribution in [0.15, 0.2) is 71.6 Å². The average Bonchev–Trinajstić information content (AvgIpc) is 2.77. The lowest BCUT2D eigenvalue weighted by atomic mass is 10.1. The van der Waals surface area contributed by atoms with Crippen molar-refractivity contribution in [3.05, 3.63) is 82.3 Å². The van der Waals surface area contributed by atoms with Crippen LogP contribution in [0, 0.1) is 0 Å². The third-order valence-electron chi connectivity index (χ3n) is 4.94. The first kappa shape index (κ1) is 26.5. The third kappa shape index (κ3) is 7.73. The SMILES string of the molecule is CCCC(O)CN(Cc1ccccc1SC(F)(F)F)c1cccc(Oc2cccc(Cl)c2Cl)c1. The maximum atomic E-state index is 13.1. The summed E-state index contributed by atoms with van der Waals surface area (Å²) in [6.07, 6.45) is 0.717. The summed E-state index contributed by atoms with van der Waals surface area (Å²) in [7, 11) is 0. The summed E-state index contributed by atoms with van der Waals surface area (Å²) in [6, 6.07) is 18.6. The monoisotopic (exact) mass is 529 g/mol. The molecule has 0 spiro atoms. The zero-order chi connectivity index (χ0) is 24.7. The minimum Gasteiger partial charge on any atom is -0.456 e. The predicted molar refractivity (Wildman–Crippen MR) is 133 cm³/mol. The molecule has 0 bridgehead atoms. The van der Waals surface area contributed by atoms with Gasteiger partial charge >= 0.3 is 5.51 Å². The highest BCUT2D eigenvalue weighted by atomic mass is 35.5. The summed E-state index contributed by atoms with van der Waals surface area (Å²) in [5, 5.41) is 11.1. The Morgan fingerprint density at radius 1 is 1.03 bits per heavy atom. The Hall–Kier alpha value is -2.06. The first-order chi connectivity index (χ1) is 16.2. The summed E-state index contributed by atoms with van der Waals surface area (Å²) in [5.74, 6) is 0.866. The molecule has 0 aliphatic heterocycles. The molecule has 0 aliphatic rings. The number of hydrogen-bond acceptors (Lipinski definition) is 4. The van der Waals surface area contributed by atoms with E-state index in [0.717, 1.165) is 6.42 Å². The Balaban J connectivity index is 1.91. The Morgan fingerprint density at radius 3 is 2.50 bits per heavy atom. The number of anilines is 1. The Labute approximate surface area is 211 Å². The lowest BCUT2D eigenvalue weighted by Crippen LogP contribution is -2.32. The van der Waals surface area contributed by atoms with Crippen molar-refractivity contribution in [3.8, 4) is 11.5 Å². The van der Waals surface area contributed by atoms with Gasteiger partial charge in [0.1, 0.15) is 16.5 Å². The van der Waals surface area contributed by atoms with Crippen molar-refractivity contribution in [1.29, 1.82) is 0 Å². The molecule has 0 saturated heterocycles. The number of hydrogen-bond donors (Lipinski definition) is 1. The minimum atomic E-state index is -4.40. The summed E-state index contributed by atoms with van der Waals surface area (Å²) < 4.78 is 45.2. The molecule has 182 valence electrons. The van der Waals surface area contributed by atoms with Gasteiger partial charge in [-0.1, -0.05) is 66.9 Å². The molecule has 1 N–H and O–H groups in total. The van der Waals surface area contributed by atoms with Crippen LogP contribution in [0.4, 0.5) is 18.9 Å². The molecule has 0 aromatic heterocycles. The van der Waals surface area contributed by atoms with Gasteiger partial charge in [0, 0.05) is 29.7 Å². The highest BCUT2D eigenvalue weighted by molar-refractivity contribution is 8.00. The molecule has 1 atom stereocenters. The number of rotatable bonds is 10. The average molecular weight is 530 g/mol. The van der Waals surface area contributed by atoms with Gasteiger partial charge in [-0.2, -0.15) is 13.2 Å². The topological polar surface area (TPSA) is 32.7 Å². The van der Waals surface area contributed by atoms with Gasteiger partial charge in [-0.25, -0.2) is 0 Å². The van der Waals surface area contributed by atoms with E-state index in [2.05, 4.69) is 0 Å². The van der Waals surface area contributed by atoms with E-state index < -0.39 is 11.6 Å². The maximum Gasteiger partial charge on any atom is 0.446 e. The van der Waals surface area contributed by atoms with Crippen LogP contribution >= 0.6 is 35.0 Å². The molecule has 0 amide bonds. The highest BCUT2D eigenvalue weighted by Gasteiger charge is 2.30. The fourth-order valence-electron chi connectivity index (χ4n) is 3.44. The van der Waals surface area contributed by atoms with Gasteiger partial charge in [-0.3, -0.25) is 0 Å². The van der Waals surface area contributed by atoms with Crippen molar-refractivity contribution in [3.63, 3.8) is 0 Å². The second-order valence-electron chi connectivity index (χ2n) is 7.63. The van der Waals surface area contributed by atoms with Crippen molar-refractivity contribution in [1.82, 2.24) is 0 Å². The van der Waals surface area contributed by atoms with Gasteiger partial charge in [0.2, 0.25) is 0 Å². The number of halogens is 5. The Bertz CT molecular complexity index is 1100. The third-order valence-corrected chi connectivity index (χ3v) is 6.59. The van der Waals surface area contributed by atoms with E-state index in [4.69, 9.17) is 27.9 Å². The smallest absolute Gasteiger partial charge is 0.446 e. The first-order valence-electron chi connectivity index (χ1n) is 10.6. The fraction of sp³-hybridized carbons (Fsp3) is 0.280. The molecule has 3 aromatic carbocycles. The first-order valence-corrected chi connectivity index (χ1v) is 12.2. The largest absolute Gasteiger partial charge is 0.456 e. The molecule has 3 nitrogen and oxygen atoms in total. The van der Waals surface area contributed by atoms with Gasteiger partial charge in [-0.15, -0.1) is 0 Å². The molecule has 0 fully saturated rings. The standard InChI is InChI=1S/C25H24Cl2F3NO2S/c1-2-7-19(32)16-31(15-17-8-3-4-13-23(17)34-25(28,29)30)18-9-5-10-20(14-18)33-22-12-6-11-21(26)24(22)27/h3-6,8-14,19,32H,2,7,15-16H2,1H3. The van der Waals surface area contributed by atoms with Crippen LogP contribution in [0.2, 0.25) is 10.0 Å². The summed E-state index contributed by atoms with van der Waals surface area (Å²) in [4.78, 5) is 1.98. The number of aliphatic hydroxyl groups is 1. The Kier molecular flexibility index (Phi) is 9.42. The van der Waals surface area contributed by atoms with Gasteiger partial charge in [0.25, 0.3) is 0 Å². The molecule has 9 heteroatoms. The summed E-state index contributed by atoms with van der Waals surface area (Å²) in [6.45, 7) is 2.40. The van der Waals surface area contributed by atoms with Crippen LogP contribution in [-0.2, 0) is 6.54 Å². The molecule has 3 rings (SSSR count). The van der Waals surface area contributed by atoms with Crippen LogP contribution in [0.3, 0.4) is 0 Å². The number of nitrogens with zero attached hydrogens (tertiary/aromatic N) is 1. The Morgan fingerprint density at radius 2 is 1.76 bits per heavy atom. The minimum absolute atomic E-state index is 0.128.